The van der Waals surface area contributed by atoms with Crippen LogP contribution in [0.25, 0.3) is 10.8 Å². The normalized spacial score (nSPS) is 21.0. The van der Waals surface area contributed by atoms with Crippen LogP contribution in [0.5, 0.6) is 0 Å². The van der Waals surface area contributed by atoms with E-state index in [9.17, 15) is 9.90 Å². The summed E-state index contributed by atoms with van der Waals surface area (Å²) >= 11 is 3.50. The minimum atomic E-state index is -0.588. The van der Waals surface area contributed by atoms with Crippen molar-refractivity contribution in [2.24, 2.45) is 5.92 Å². The highest BCUT2D eigenvalue weighted by molar-refractivity contribution is 9.10. The van der Waals surface area contributed by atoms with Gasteiger partial charge in [0.05, 0.1) is 19.3 Å². The van der Waals surface area contributed by atoms with Gasteiger partial charge in [-0.15, -0.1) is 0 Å². The van der Waals surface area contributed by atoms with E-state index in [-0.39, 0.29) is 30.6 Å². The second kappa shape index (κ2) is 10.5. The van der Waals surface area contributed by atoms with Gasteiger partial charge >= 0.3 is 6.09 Å². The lowest BCUT2D eigenvalue weighted by atomic mass is 9.79. The number of ether oxygens (including phenoxy) is 2. The van der Waals surface area contributed by atoms with Gasteiger partial charge in [0.2, 0.25) is 0 Å². The van der Waals surface area contributed by atoms with Gasteiger partial charge in [-0.2, -0.15) is 0 Å². The fourth-order valence-electron chi connectivity index (χ4n) is 4.61. The molecule has 1 heterocycles. The topological polar surface area (TPSA) is 59.0 Å². The second-order valence-corrected chi connectivity index (χ2v) is 10.9. The summed E-state index contributed by atoms with van der Waals surface area (Å²) in [5.74, 6) is -0.207. The van der Waals surface area contributed by atoms with E-state index in [0.29, 0.717) is 19.7 Å². The Morgan fingerprint density at radius 1 is 1.03 bits per heavy atom. The highest BCUT2D eigenvalue weighted by Gasteiger charge is 2.41. The molecule has 3 atom stereocenters. The number of halogens is 1. The maximum Gasteiger partial charge on any atom is 0.410 e. The van der Waals surface area contributed by atoms with Crippen LogP contribution in [0.2, 0.25) is 0 Å². The monoisotopic (exact) mass is 525 g/mol. The van der Waals surface area contributed by atoms with Gasteiger partial charge in [0.1, 0.15) is 5.60 Å². The highest BCUT2D eigenvalue weighted by atomic mass is 79.9. The Morgan fingerprint density at radius 3 is 2.41 bits per heavy atom. The van der Waals surface area contributed by atoms with Crippen molar-refractivity contribution in [2.75, 3.05) is 19.7 Å². The molecule has 1 fully saturated rings. The third kappa shape index (κ3) is 5.98. The first-order valence-corrected chi connectivity index (χ1v) is 12.5. The zero-order chi connectivity index (χ0) is 24.3. The molecule has 0 aliphatic carbocycles. The van der Waals surface area contributed by atoms with E-state index >= 15 is 0 Å². The van der Waals surface area contributed by atoms with E-state index in [1.54, 1.807) is 4.90 Å². The van der Waals surface area contributed by atoms with Crippen LogP contribution in [-0.2, 0) is 16.1 Å². The Labute approximate surface area is 209 Å². The molecule has 1 aliphatic rings. The van der Waals surface area contributed by atoms with Crippen LogP contribution < -0.4 is 0 Å². The van der Waals surface area contributed by atoms with Crippen LogP contribution in [0, 0.1) is 5.92 Å². The molecule has 1 N–H and O–H groups in total. The van der Waals surface area contributed by atoms with Crippen LogP contribution >= 0.6 is 15.9 Å². The van der Waals surface area contributed by atoms with E-state index in [0.717, 1.165) is 15.6 Å². The largest absolute Gasteiger partial charge is 0.444 e. The number of likely N-dealkylation sites (tertiary alicyclic amines) is 1. The summed E-state index contributed by atoms with van der Waals surface area (Å²) in [6.45, 7) is 6.77. The standard InChI is InChI=1S/C28H32BrNO4/c1-28(2,3)34-27(32)30-15-23(17-31)26(21-10-12-24(29)13-11-21)25(16-30)33-18-19-8-9-20-6-4-5-7-22(20)14-19/h4-14,23,25-26,31H,15-18H2,1-3H3. The third-order valence-corrected chi connectivity index (χ3v) is 6.71. The van der Waals surface area contributed by atoms with E-state index in [4.69, 9.17) is 9.47 Å². The predicted molar refractivity (Wildman–Crippen MR) is 138 cm³/mol. The lowest BCUT2D eigenvalue weighted by molar-refractivity contribution is -0.0600. The number of amides is 1. The van der Waals surface area contributed by atoms with Crippen molar-refractivity contribution in [3.05, 3.63) is 82.3 Å². The van der Waals surface area contributed by atoms with Crippen molar-refractivity contribution < 1.29 is 19.4 Å². The molecule has 0 spiro atoms. The maximum absolute atomic E-state index is 12.9. The number of aliphatic hydroxyl groups is 1. The number of nitrogens with zero attached hydrogens (tertiary/aromatic N) is 1. The molecular weight excluding hydrogens is 494 g/mol. The molecule has 4 rings (SSSR count). The van der Waals surface area contributed by atoms with Crippen molar-refractivity contribution in [1.29, 1.82) is 0 Å². The molecule has 1 amide bonds. The minimum absolute atomic E-state index is 0.0442. The van der Waals surface area contributed by atoms with Gasteiger partial charge in [-0.1, -0.05) is 64.5 Å². The fourth-order valence-corrected chi connectivity index (χ4v) is 4.88. The third-order valence-electron chi connectivity index (χ3n) is 6.18. The Hall–Kier alpha value is -2.41. The van der Waals surface area contributed by atoms with Crippen molar-refractivity contribution in [3.8, 4) is 0 Å². The number of rotatable bonds is 5. The first kappa shape index (κ1) is 24.7. The van der Waals surface area contributed by atoms with Crippen LogP contribution in [-0.4, -0.2) is 47.5 Å². The summed E-state index contributed by atoms with van der Waals surface area (Å²) in [6, 6.07) is 22.7. The molecule has 3 aromatic carbocycles. The summed E-state index contributed by atoms with van der Waals surface area (Å²) in [4.78, 5) is 14.6. The van der Waals surface area contributed by atoms with Crippen LogP contribution in [0.15, 0.2) is 71.2 Å². The number of benzene rings is 3. The molecular formula is C28H32BrNO4. The van der Waals surface area contributed by atoms with Crippen molar-refractivity contribution >= 4 is 32.8 Å². The zero-order valence-electron chi connectivity index (χ0n) is 19.9. The Morgan fingerprint density at radius 2 is 1.74 bits per heavy atom. The number of hydrogen-bond acceptors (Lipinski definition) is 4. The Bertz CT molecular complexity index is 1130. The lowest BCUT2D eigenvalue weighted by Gasteiger charge is -2.43. The predicted octanol–water partition coefficient (Wildman–Crippen LogP) is 6.13. The molecule has 5 nitrogen and oxygen atoms in total. The summed E-state index contributed by atoms with van der Waals surface area (Å²) in [5, 5.41) is 12.6. The second-order valence-electron chi connectivity index (χ2n) is 9.94. The quantitative estimate of drug-likeness (QED) is 0.435. The summed E-state index contributed by atoms with van der Waals surface area (Å²) < 4.78 is 13.1. The molecule has 0 bridgehead atoms. The smallest absolute Gasteiger partial charge is 0.410 e. The van der Waals surface area contributed by atoms with E-state index < -0.39 is 5.60 Å². The number of fused-ring (bicyclic) bond motifs is 1. The van der Waals surface area contributed by atoms with Crippen LogP contribution in [0.3, 0.4) is 0 Å². The first-order valence-electron chi connectivity index (χ1n) is 11.7. The maximum atomic E-state index is 12.9. The van der Waals surface area contributed by atoms with E-state index in [2.05, 4.69) is 58.4 Å². The number of piperidine rings is 1. The highest BCUT2D eigenvalue weighted by Crippen LogP contribution is 2.36. The molecule has 0 radical (unpaired) electrons. The summed E-state index contributed by atoms with van der Waals surface area (Å²) in [7, 11) is 0. The fraction of sp³-hybridized carbons (Fsp3) is 0.393. The Kier molecular flexibility index (Phi) is 7.60. The molecule has 3 aromatic rings. The van der Waals surface area contributed by atoms with Crippen molar-refractivity contribution in [3.63, 3.8) is 0 Å². The Balaban J connectivity index is 1.59. The molecule has 1 saturated heterocycles. The average molecular weight is 526 g/mol. The number of aliphatic hydroxyl groups excluding tert-OH is 1. The van der Waals surface area contributed by atoms with Crippen LogP contribution in [0.1, 0.15) is 37.8 Å². The number of hydrogen-bond donors (Lipinski definition) is 1. The molecule has 34 heavy (non-hydrogen) atoms. The summed E-state index contributed by atoms with van der Waals surface area (Å²) in [6.07, 6.45) is -0.662. The van der Waals surface area contributed by atoms with E-state index in [1.165, 1.54) is 10.8 Å². The lowest BCUT2D eigenvalue weighted by Crippen LogP contribution is -2.53. The number of carbonyl (C=O) groups is 1. The van der Waals surface area contributed by atoms with Gasteiger partial charge in [0.25, 0.3) is 0 Å². The molecule has 1 aliphatic heterocycles. The van der Waals surface area contributed by atoms with E-state index in [1.807, 2.05) is 45.0 Å². The number of carbonyl (C=O) groups excluding carboxylic acids is 1. The minimum Gasteiger partial charge on any atom is -0.444 e. The van der Waals surface area contributed by atoms with Gasteiger partial charge in [-0.05, 0) is 60.9 Å². The van der Waals surface area contributed by atoms with Crippen LogP contribution in [0.4, 0.5) is 4.79 Å². The molecule has 180 valence electrons. The van der Waals surface area contributed by atoms with Gasteiger partial charge < -0.3 is 19.5 Å². The zero-order valence-corrected chi connectivity index (χ0v) is 21.5. The molecule has 6 heteroatoms. The SMILES string of the molecule is CC(C)(C)OC(=O)N1CC(CO)C(c2ccc(Br)cc2)C(OCc2ccc3ccccc3c2)C1. The first-order chi connectivity index (χ1) is 16.2. The van der Waals surface area contributed by atoms with Gasteiger partial charge in [-0.25, -0.2) is 4.79 Å². The molecule has 0 saturated carbocycles. The molecule has 3 unspecified atom stereocenters. The molecule has 0 aromatic heterocycles. The average Bonchev–Trinajstić information content (AvgIpc) is 2.81. The van der Waals surface area contributed by atoms with Gasteiger partial charge in [-0.3, -0.25) is 0 Å². The van der Waals surface area contributed by atoms with Crippen molar-refractivity contribution in [2.45, 2.75) is 45.0 Å². The van der Waals surface area contributed by atoms with Gasteiger partial charge in [0, 0.05) is 29.5 Å². The van der Waals surface area contributed by atoms with Gasteiger partial charge in [0.15, 0.2) is 0 Å². The van der Waals surface area contributed by atoms with Crippen molar-refractivity contribution in [1.82, 2.24) is 4.90 Å². The summed E-state index contributed by atoms with van der Waals surface area (Å²) in [5.41, 5.74) is 1.58.